The third kappa shape index (κ3) is 13.5. The van der Waals surface area contributed by atoms with E-state index < -0.39 is 0 Å². The summed E-state index contributed by atoms with van der Waals surface area (Å²) in [5.74, 6) is 1.29. The average Bonchev–Trinajstić information content (AvgIpc) is 1.97. The molecule has 1 nitrogen and oxygen atoms in total. The maximum Gasteiger partial charge on any atom is 0.0573 e. The Morgan fingerprint density at radius 1 is 1.09 bits per heavy atom. The van der Waals surface area contributed by atoms with Crippen LogP contribution in [0.1, 0.15) is 19.3 Å². The summed E-state index contributed by atoms with van der Waals surface area (Å²) in [5.41, 5.74) is 0. The topological polar surface area (TPSA) is 12.4 Å². The molecule has 0 saturated carbocycles. The molecule has 68 valence electrons. The Bertz CT molecular complexity index is 85.8. The number of alkyl halides is 2. The molecular formula is C7H14Cl3N. The minimum Gasteiger partial charge on any atom is -0.296 e. The van der Waals surface area contributed by atoms with Crippen molar-refractivity contribution in [3.8, 4) is 0 Å². The smallest absolute Gasteiger partial charge is 0.0573 e. The van der Waals surface area contributed by atoms with Gasteiger partial charge in [-0.2, -0.15) is 0 Å². The lowest BCUT2D eigenvalue weighted by molar-refractivity contribution is 0.732. The van der Waals surface area contributed by atoms with E-state index >= 15 is 0 Å². The standard InChI is InChI=1S/C7H13Cl2N.ClH/c8-4-2-1-3-6-10-7-5-9;/h7H,1-6H2;1H. The van der Waals surface area contributed by atoms with Crippen molar-refractivity contribution < 1.29 is 0 Å². The van der Waals surface area contributed by atoms with Gasteiger partial charge in [0.2, 0.25) is 0 Å². The van der Waals surface area contributed by atoms with Gasteiger partial charge in [-0.3, -0.25) is 4.99 Å². The number of nitrogens with zero attached hydrogens (tertiary/aromatic N) is 1. The Hall–Kier alpha value is 0.540. The van der Waals surface area contributed by atoms with Crippen molar-refractivity contribution in [2.75, 3.05) is 18.3 Å². The van der Waals surface area contributed by atoms with Crippen molar-refractivity contribution in [2.24, 2.45) is 4.99 Å². The zero-order valence-electron chi connectivity index (χ0n) is 6.43. The molecule has 0 atom stereocenters. The van der Waals surface area contributed by atoms with Crippen LogP contribution in [0.25, 0.3) is 0 Å². The van der Waals surface area contributed by atoms with E-state index in [1.54, 1.807) is 6.21 Å². The van der Waals surface area contributed by atoms with Crippen LogP contribution in [0.4, 0.5) is 0 Å². The van der Waals surface area contributed by atoms with Gasteiger partial charge in [-0.15, -0.1) is 35.6 Å². The highest BCUT2D eigenvalue weighted by Crippen LogP contribution is 1.96. The van der Waals surface area contributed by atoms with Crippen LogP contribution < -0.4 is 0 Å². The fraction of sp³-hybridized carbons (Fsp3) is 0.857. The van der Waals surface area contributed by atoms with Crippen LogP contribution in [-0.4, -0.2) is 24.5 Å². The van der Waals surface area contributed by atoms with Crippen LogP contribution in [0.15, 0.2) is 4.99 Å². The fourth-order valence-electron chi connectivity index (χ4n) is 0.614. The van der Waals surface area contributed by atoms with E-state index in [1.165, 1.54) is 6.42 Å². The van der Waals surface area contributed by atoms with E-state index in [0.717, 1.165) is 25.3 Å². The van der Waals surface area contributed by atoms with Gasteiger partial charge in [0.25, 0.3) is 0 Å². The molecule has 0 aromatic carbocycles. The summed E-state index contributed by atoms with van der Waals surface area (Å²) >= 11 is 10.9. The number of unbranched alkanes of at least 4 members (excludes halogenated alkanes) is 2. The van der Waals surface area contributed by atoms with Crippen molar-refractivity contribution in [2.45, 2.75) is 19.3 Å². The summed E-state index contributed by atoms with van der Waals surface area (Å²) in [7, 11) is 0. The van der Waals surface area contributed by atoms with Gasteiger partial charge in [0.05, 0.1) is 5.88 Å². The first kappa shape index (κ1) is 14.1. The monoisotopic (exact) mass is 217 g/mol. The van der Waals surface area contributed by atoms with Crippen molar-refractivity contribution in [3.05, 3.63) is 0 Å². The molecule has 0 aromatic rings. The molecule has 0 saturated heterocycles. The molecule has 4 heteroatoms. The Kier molecular flexibility index (Phi) is 16.8. The van der Waals surface area contributed by atoms with Gasteiger partial charge in [-0.25, -0.2) is 0 Å². The largest absolute Gasteiger partial charge is 0.296 e. The molecule has 11 heavy (non-hydrogen) atoms. The minimum atomic E-state index is 0. The first-order valence-electron chi connectivity index (χ1n) is 3.52. The molecule has 0 aromatic heterocycles. The summed E-state index contributed by atoms with van der Waals surface area (Å²) in [6.07, 6.45) is 5.13. The second-order valence-corrected chi connectivity index (χ2v) is 2.68. The van der Waals surface area contributed by atoms with Gasteiger partial charge < -0.3 is 0 Å². The highest BCUT2D eigenvalue weighted by molar-refractivity contribution is 6.24. The van der Waals surface area contributed by atoms with Crippen molar-refractivity contribution in [3.63, 3.8) is 0 Å². The van der Waals surface area contributed by atoms with Gasteiger partial charge in [0.15, 0.2) is 0 Å². The number of aliphatic imine (C=N–C) groups is 1. The Balaban J connectivity index is 0. The first-order valence-corrected chi connectivity index (χ1v) is 4.59. The second-order valence-electron chi connectivity index (χ2n) is 1.99. The minimum absolute atomic E-state index is 0. The zero-order chi connectivity index (χ0) is 7.66. The second kappa shape index (κ2) is 13.2. The molecule has 0 spiro atoms. The van der Waals surface area contributed by atoms with Crippen LogP contribution in [0.3, 0.4) is 0 Å². The summed E-state index contributed by atoms with van der Waals surface area (Å²) in [4.78, 5) is 4.06. The molecule has 0 unspecified atom stereocenters. The summed E-state index contributed by atoms with van der Waals surface area (Å²) in [6.45, 7) is 0.892. The van der Waals surface area contributed by atoms with E-state index in [2.05, 4.69) is 4.99 Å². The van der Waals surface area contributed by atoms with Crippen LogP contribution >= 0.6 is 35.6 Å². The van der Waals surface area contributed by atoms with Gasteiger partial charge in [-0.1, -0.05) is 6.42 Å². The van der Waals surface area contributed by atoms with E-state index in [-0.39, 0.29) is 12.4 Å². The Morgan fingerprint density at radius 3 is 2.36 bits per heavy atom. The van der Waals surface area contributed by atoms with Crippen molar-refractivity contribution >= 4 is 41.8 Å². The molecule has 0 fully saturated rings. The molecule has 0 aliphatic heterocycles. The Labute approximate surface area is 84.6 Å². The molecular weight excluding hydrogens is 204 g/mol. The maximum atomic E-state index is 5.48. The van der Waals surface area contributed by atoms with E-state index in [0.29, 0.717) is 5.88 Å². The number of hydrogen-bond donors (Lipinski definition) is 0. The van der Waals surface area contributed by atoms with Crippen LogP contribution in [-0.2, 0) is 0 Å². The van der Waals surface area contributed by atoms with Crippen LogP contribution in [0.2, 0.25) is 0 Å². The van der Waals surface area contributed by atoms with Gasteiger partial charge in [0, 0.05) is 18.6 Å². The summed E-state index contributed by atoms with van der Waals surface area (Å²) in [6, 6.07) is 0. The Morgan fingerprint density at radius 2 is 1.82 bits per heavy atom. The molecule has 0 radical (unpaired) electrons. The number of halogens is 3. The first-order chi connectivity index (χ1) is 4.91. The highest BCUT2D eigenvalue weighted by Gasteiger charge is 1.84. The molecule has 0 rings (SSSR count). The van der Waals surface area contributed by atoms with Crippen LogP contribution in [0.5, 0.6) is 0 Å². The van der Waals surface area contributed by atoms with E-state index in [1.807, 2.05) is 0 Å². The molecule has 0 amide bonds. The SMILES string of the molecule is Cl.ClCC=NCCCCCCl. The normalized spacial score (nSPS) is 10.0. The molecule has 0 N–H and O–H groups in total. The zero-order valence-corrected chi connectivity index (χ0v) is 8.76. The van der Waals surface area contributed by atoms with Crippen molar-refractivity contribution in [1.82, 2.24) is 0 Å². The lowest BCUT2D eigenvalue weighted by Gasteiger charge is -1.92. The number of hydrogen-bond acceptors (Lipinski definition) is 1. The van der Waals surface area contributed by atoms with Gasteiger partial charge in [-0.05, 0) is 12.8 Å². The molecule has 0 aliphatic rings. The molecule has 0 aliphatic carbocycles. The quantitative estimate of drug-likeness (QED) is 0.369. The maximum absolute atomic E-state index is 5.48. The van der Waals surface area contributed by atoms with E-state index in [4.69, 9.17) is 23.2 Å². The predicted molar refractivity (Wildman–Crippen MR) is 55.9 cm³/mol. The average molecular weight is 219 g/mol. The van der Waals surface area contributed by atoms with Crippen molar-refractivity contribution in [1.29, 1.82) is 0 Å². The van der Waals surface area contributed by atoms with Gasteiger partial charge >= 0.3 is 0 Å². The third-order valence-corrected chi connectivity index (χ3v) is 1.52. The van der Waals surface area contributed by atoms with Gasteiger partial charge in [0.1, 0.15) is 0 Å². The predicted octanol–water partition coefficient (Wildman–Crippen LogP) is 3.13. The van der Waals surface area contributed by atoms with Crippen LogP contribution in [0, 0.1) is 0 Å². The fourth-order valence-corrected chi connectivity index (χ4v) is 0.901. The molecule has 0 bridgehead atoms. The highest BCUT2D eigenvalue weighted by atomic mass is 35.5. The third-order valence-electron chi connectivity index (χ3n) is 1.12. The lowest BCUT2D eigenvalue weighted by Crippen LogP contribution is -1.84. The van der Waals surface area contributed by atoms with E-state index in [9.17, 15) is 0 Å². The number of rotatable bonds is 6. The summed E-state index contributed by atoms with van der Waals surface area (Å²) in [5, 5.41) is 0. The lowest BCUT2D eigenvalue weighted by atomic mass is 10.2. The summed E-state index contributed by atoms with van der Waals surface area (Å²) < 4.78 is 0. The molecule has 0 heterocycles.